The summed E-state index contributed by atoms with van der Waals surface area (Å²) < 4.78 is 14.9. The molecule has 0 aromatic heterocycles. The van der Waals surface area contributed by atoms with Crippen LogP contribution < -0.4 is 0 Å². The summed E-state index contributed by atoms with van der Waals surface area (Å²) in [5.74, 6) is -2.18. The van der Waals surface area contributed by atoms with Crippen molar-refractivity contribution in [2.75, 3.05) is 19.8 Å². The summed E-state index contributed by atoms with van der Waals surface area (Å²) in [6, 6.07) is 0. The molecule has 6 heteroatoms. The first-order valence-corrected chi connectivity index (χ1v) is 6.69. The maximum Gasteiger partial charge on any atom is 0.330 e. The SMILES string of the molecule is C=CC(=O)OCC(COC(=O)C=C)COC(=O)C(C)CC. The molecule has 0 bridgehead atoms. The molecule has 0 spiro atoms. The van der Waals surface area contributed by atoms with Gasteiger partial charge in [0.05, 0.1) is 11.8 Å². The van der Waals surface area contributed by atoms with Crippen LogP contribution in [0, 0.1) is 11.8 Å². The Balaban J connectivity index is 4.38. The normalized spacial score (nSPS) is 11.4. The Morgan fingerprint density at radius 2 is 1.38 bits per heavy atom. The zero-order valence-electron chi connectivity index (χ0n) is 12.5. The molecule has 0 aliphatic heterocycles. The minimum atomic E-state index is -0.594. The third kappa shape index (κ3) is 8.62. The molecule has 0 radical (unpaired) electrons. The van der Waals surface area contributed by atoms with Crippen molar-refractivity contribution in [3.8, 4) is 0 Å². The molecule has 0 saturated heterocycles. The van der Waals surface area contributed by atoms with E-state index in [2.05, 4.69) is 13.2 Å². The first-order chi connectivity index (χ1) is 9.94. The summed E-state index contributed by atoms with van der Waals surface area (Å²) in [6.45, 7) is 10.1. The van der Waals surface area contributed by atoms with E-state index in [4.69, 9.17) is 14.2 Å². The highest BCUT2D eigenvalue weighted by molar-refractivity contribution is 5.81. The van der Waals surface area contributed by atoms with E-state index in [1.807, 2.05) is 6.92 Å². The maximum absolute atomic E-state index is 11.6. The summed E-state index contributed by atoms with van der Waals surface area (Å²) in [5.41, 5.74) is 0. The first-order valence-electron chi connectivity index (χ1n) is 6.69. The molecule has 6 nitrogen and oxygen atoms in total. The largest absolute Gasteiger partial charge is 0.465 e. The van der Waals surface area contributed by atoms with Gasteiger partial charge in [-0.05, 0) is 6.42 Å². The number of hydrogen-bond acceptors (Lipinski definition) is 6. The Bertz CT molecular complexity index is 364. The lowest BCUT2D eigenvalue weighted by Gasteiger charge is -2.17. The fourth-order valence-electron chi connectivity index (χ4n) is 1.17. The molecule has 0 amide bonds. The second-order valence-electron chi connectivity index (χ2n) is 4.47. The van der Waals surface area contributed by atoms with Crippen LogP contribution in [0.1, 0.15) is 20.3 Å². The predicted octanol–water partition coefficient (Wildman–Crippen LogP) is 1.65. The fraction of sp³-hybridized carbons (Fsp3) is 0.533. The monoisotopic (exact) mass is 298 g/mol. The van der Waals surface area contributed by atoms with E-state index in [-0.39, 0.29) is 31.7 Å². The van der Waals surface area contributed by atoms with Gasteiger partial charge >= 0.3 is 17.9 Å². The molecule has 1 unspecified atom stereocenters. The van der Waals surface area contributed by atoms with Gasteiger partial charge in [0.1, 0.15) is 19.8 Å². The number of carbonyl (C=O) groups is 3. The third-order valence-corrected chi connectivity index (χ3v) is 2.73. The smallest absolute Gasteiger partial charge is 0.330 e. The first kappa shape index (κ1) is 18.9. The Hall–Kier alpha value is -2.11. The van der Waals surface area contributed by atoms with E-state index in [1.165, 1.54) is 0 Å². The van der Waals surface area contributed by atoms with Crippen molar-refractivity contribution in [3.05, 3.63) is 25.3 Å². The molecule has 0 saturated carbocycles. The van der Waals surface area contributed by atoms with Crippen LogP contribution in [0.25, 0.3) is 0 Å². The minimum absolute atomic E-state index is 0.00197. The summed E-state index contributed by atoms with van der Waals surface area (Å²) in [5, 5.41) is 0. The second-order valence-corrected chi connectivity index (χ2v) is 4.47. The minimum Gasteiger partial charge on any atom is -0.465 e. The maximum atomic E-state index is 11.6. The van der Waals surface area contributed by atoms with Crippen molar-refractivity contribution in [2.24, 2.45) is 11.8 Å². The summed E-state index contributed by atoms with van der Waals surface area (Å²) in [7, 11) is 0. The molecular weight excluding hydrogens is 276 g/mol. The number of carbonyl (C=O) groups excluding carboxylic acids is 3. The molecule has 0 N–H and O–H groups in total. The molecule has 21 heavy (non-hydrogen) atoms. The lowest BCUT2D eigenvalue weighted by Crippen LogP contribution is -2.27. The number of ether oxygens (including phenoxy) is 3. The van der Waals surface area contributed by atoms with E-state index in [9.17, 15) is 14.4 Å². The van der Waals surface area contributed by atoms with Crippen molar-refractivity contribution in [1.29, 1.82) is 0 Å². The molecule has 0 rings (SSSR count). The van der Waals surface area contributed by atoms with E-state index < -0.39 is 17.9 Å². The topological polar surface area (TPSA) is 78.9 Å². The zero-order chi connectivity index (χ0) is 16.3. The van der Waals surface area contributed by atoms with E-state index in [0.29, 0.717) is 6.42 Å². The molecule has 0 aromatic rings. The van der Waals surface area contributed by atoms with E-state index in [0.717, 1.165) is 12.2 Å². The lowest BCUT2D eigenvalue weighted by atomic mass is 10.1. The summed E-state index contributed by atoms with van der Waals surface area (Å²) >= 11 is 0. The van der Waals surface area contributed by atoms with Crippen LogP contribution in [0.5, 0.6) is 0 Å². The van der Waals surface area contributed by atoms with Crippen LogP contribution in [0.4, 0.5) is 0 Å². The van der Waals surface area contributed by atoms with Crippen molar-refractivity contribution in [2.45, 2.75) is 20.3 Å². The number of esters is 3. The lowest BCUT2D eigenvalue weighted by molar-refractivity contribution is -0.153. The molecule has 1 atom stereocenters. The van der Waals surface area contributed by atoms with E-state index in [1.54, 1.807) is 6.92 Å². The fourth-order valence-corrected chi connectivity index (χ4v) is 1.17. The Morgan fingerprint density at radius 1 is 0.952 bits per heavy atom. The molecule has 0 aliphatic rings. The molecule has 0 heterocycles. The van der Waals surface area contributed by atoms with Crippen molar-refractivity contribution >= 4 is 17.9 Å². The van der Waals surface area contributed by atoms with Crippen LogP contribution in [0.2, 0.25) is 0 Å². The van der Waals surface area contributed by atoms with Crippen molar-refractivity contribution in [1.82, 2.24) is 0 Å². The van der Waals surface area contributed by atoms with Gasteiger partial charge in [0.25, 0.3) is 0 Å². The van der Waals surface area contributed by atoms with Crippen molar-refractivity contribution in [3.63, 3.8) is 0 Å². The summed E-state index contributed by atoms with van der Waals surface area (Å²) in [6.07, 6.45) is 2.72. The Labute approximate surface area is 124 Å². The van der Waals surface area contributed by atoms with Gasteiger partial charge in [-0.2, -0.15) is 0 Å². The molecular formula is C15H22O6. The van der Waals surface area contributed by atoms with Gasteiger partial charge in [-0.15, -0.1) is 0 Å². The average molecular weight is 298 g/mol. The van der Waals surface area contributed by atoms with Gasteiger partial charge in [-0.1, -0.05) is 27.0 Å². The van der Waals surface area contributed by atoms with Crippen LogP contribution in [0.15, 0.2) is 25.3 Å². The van der Waals surface area contributed by atoms with Crippen LogP contribution in [-0.4, -0.2) is 37.7 Å². The Morgan fingerprint density at radius 3 is 1.76 bits per heavy atom. The van der Waals surface area contributed by atoms with Crippen LogP contribution in [0.3, 0.4) is 0 Å². The van der Waals surface area contributed by atoms with Crippen LogP contribution in [-0.2, 0) is 28.6 Å². The van der Waals surface area contributed by atoms with Gasteiger partial charge in [-0.3, -0.25) is 4.79 Å². The van der Waals surface area contributed by atoms with Gasteiger partial charge in [0.15, 0.2) is 0 Å². The summed E-state index contributed by atoms with van der Waals surface area (Å²) in [4.78, 5) is 33.7. The highest BCUT2D eigenvalue weighted by Crippen LogP contribution is 2.07. The third-order valence-electron chi connectivity index (χ3n) is 2.73. The zero-order valence-corrected chi connectivity index (χ0v) is 12.5. The highest BCUT2D eigenvalue weighted by Gasteiger charge is 2.18. The average Bonchev–Trinajstić information content (AvgIpc) is 2.51. The molecule has 0 aliphatic carbocycles. The van der Waals surface area contributed by atoms with Gasteiger partial charge in [0, 0.05) is 12.2 Å². The Kier molecular flexibility index (Phi) is 9.58. The van der Waals surface area contributed by atoms with Gasteiger partial charge in [-0.25, -0.2) is 9.59 Å². The van der Waals surface area contributed by atoms with Gasteiger partial charge < -0.3 is 14.2 Å². The standard InChI is InChI=1S/C15H22O6/c1-5-11(4)15(18)21-10-12(8-19-13(16)6-2)9-20-14(17)7-3/h6-7,11-12H,2-3,5,8-10H2,1,4H3. The number of rotatable bonds is 10. The highest BCUT2D eigenvalue weighted by atomic mass is 16.6. The van der Waals surface area contributed by atoms with Gasteiger partial charge in [0.2, 0.25) is 0 Å². The quantitative estimate of drug-likeness (QED) is 0.347. The molecule has 0 fully saturated rings. The van der Waals surface area contributed by atoms with Crippen molar-refractivity contribution < 1.29 is 28.6 Å². The number of hydrogen-bond donors (Lipinski definition) is 0. The molecule has 0 aromatic carbocycles. The molecule has 118 valence electrons. The predicted molar refractivity (Wildman–Crippen MR) is 76.2 cm³/mol. The second kappa shape index (κ2) is 10.7. The van der Waals surface area contributed by atoms with E-state index >= 15 is 0 Å². The van der Waals surface area contributed by atoms with Crippen LogP contribution >= 0.6 is 0 Å².